The van der Waals surface area contributed by atoms with Crippen LogP contribution in [0.4, 0.5) is 10.1 Å². The quantitative estimate of drug-likeness (QED) is 0.522. The number of aromatic carboxylic acids is 1. The van der Waals surface area contributed by atoms with Crippen molar-refractivity contribution < 1.29 is 19.2 Å². The van der Waals surface area contributed by atoms with E-state index < -0.39 is 28.0 Å². The number of carbonyl (C=O) groups is 1. The van der Waals surface area contributed by atoms with Crippen molar-refractivity contribution in [3.05, 3.63) is 39.2 Å². The van der Waals surface area contributed by atoms with Crippen molar-refractivity contribution in [2.75, 3.05) is 0 Å². The molecule has 0 bridgehead atoms. The Kier molecular flexibility index (Phi) is 3.35. The number of benzene rings is 1. The first-order valence-corrected chi connectivity index (χ1v) is 4.85. The van der Waals surface area contributed by atoms with Crippen molar-refractivity contribution in [2.45, 2.75) is 5.33 Å². The minimum absolute atomic E-state index is 0.0226. The highest BCUT2D eigenvalue weighted by Gasteiger charge is 2.22. The third kappa shape index (κ3) is 2.30. The summed E-state index contributed by atoms with van der Waals surface area (Å²) in [7, 11) is 0. The fourth-order valence-corrected chi connectivity index (χ4v) is 1.71. The molecule has 1 rings (SSSR count). The number of nitro benzene ring substituents is 1. The van der Waals surface area contributed by atoms with Gasteiger partial charge < -0.3 is 5.11 Å². The van der Waals surface area contributed by atoms with Gasteiger partial charge in [-0.15, -0.1) is 0 Å². The second kappa shape index (κ2) is 4.35. The highest BCUT2D eigenvalue weighted by Crippen LogP contribution is 2.26. The summed E-state index contributed by atoms with van der Waals surface area (Å²) in [5, 5.41) is 19.2. The number of halogens is 2. The van der Waals surface area contributed by atoms with Crippen molar-refractivity contribution in [1.82, 2.24) is 0 Å². The number of alkyl halides is 1. The highest BCUT2D eigenvalue weighted by atomic mass is 79.9. The highest BCUT2D eigenvalue weighted by molar-refractivity contribution is 9.08. The molecule has 5 nitrogen and oxygen atoms in total. The van der Waals surface area contributed by atoms with Crippen molar-refractivity contribution in [3.63, 3.8) is 0 Å². The maximum atomic E-state index is 12.9. The maximum absolute atomic E-state index is 12.9. The molecule has 0 aliphatic carbocycles. The Bertz CT molecular complexity index is 400. The molecule has 0 unspecified atom stereocenters. The first kappa shape index (κ1) is 11.6. The van der Waals surface area contributed by atoms with Crippen LogP contribution in [0, 0.1) is 15.9 Å². The number of nitro groups is 1. The van der Waals surface area contributed by atoms with E-state index in [1.165, 1.54) is 0 Å². The summed E-state index contributed by atoms with van der Waals surface area (Å²) in [6.45, 7) is 0. The maximum Gasteiger partial charge on any atom is 0.336 e. The lowest BCUT2D eigenvalue weighted by molar-refractivity contribution is -0.385. The van der Waals surface area contributed by atoms with Crippen molar-refractivity contribution >= 4 is 27.6 Å². The van der Waals surface area contributed by atoms with E-state index in [1.54, 1.807) is 0 Å². The molecule has 0 aliphatic heterocycles. The standard InChI is InChI=1S/C8H5BrFNO4/c9-3-6-5(8(12)13)1-4(10)2-7(6)11(14)15/h1-2H,3H2,(H,12,13). The number of nitrogens with zero attached hydrogens (tertiary/aromatic N) is 1. The molecule has 15 heavy (non-hydrogen) atoms. The van der Waals surface area contributed by atoms with Crippen LogP contribution in [0.2, 0.25) is 0 Å². The Hall–Kier alpha value is -1.50. The number of hydrogen-bond donors (Lipinski definition) is 1. The average molecular weight is 278 g/mol. The van der Waals surface area contributed by atoms with Gasteiger partial charge >= 0.3 is 5.97 Å². The Morgan fingerprint density at radius 3 is 2.60 bits per heavy atom. The van der Waals surface area contributed by atoms with E-state index in [9.17, 15) is 19.3 Å². The van der Waals surface area contributed by atoms with Gasteiger partial charge in [0.2, 0.25) is 0 Å². The zero-order valence-electron chi connectivity index (χ0n) is 7.24. The number of hydrogen-bond acceptors (Lipinski definition) is 3. The van der Waals surface area contributed by atoms with Crippen LogP contribution in [0.5, 0.6) is 0 Å². The average Bonchev–Trinajstić information content (AvgIpc) is 2.16. The van der Waals surface area contributed by atoms with Gasteiger partial charge in [0.25, 0.3) is 5.69 Å². The van der Waals surface area contributed by atoms with Gasteiger partial charge in [-0.2, -0.15) is 0 Å². The fraction of sp³-hybridized carbons (Fsp3) is 0.125. The van der Waals surface area contributed by atoms with Gasteiger partial charge in [-0.3, -0.25) is 10.1 Å². The van der Waals surface area contributed by atoms with E-state index in [2.05, 4.69) is 15.9 Å². The van der Waals surface area contributed by atoms with E-state index in [-0.39, 0.29) is 10.9 Å². The van der Waals surface area contributed by atoms with Crippen LogP contribution in [0.3, 0.4) is 0 Å². The molecule has 1 aromatic carbocycles. The Morgan fingerprint density at radius 1 is 1.60 bits per heavy atom. The zero-order chi connectivity index (χ0) is 11.6. The van der Waals surface area contributed by atoms with Crippen LogP contribution >= 0.6 is 15.9 Å². The normalized spacial score (nSPS) is 10.0. The molecule has 0 saturated heterocycles. The molecule has 0 saturated carbocycles. The van der Waals surface area contributed by atoms with Gasteiger partial charge in [-0.1, -0.05) is 15.9 Å². The number of carboxylic acid groups (broad SMARTS) is 1. The van der Waals surface area contributed by atoms with Gasteiger partial charge in [0.05, 0.1) is 22.1 Å². The first-order valence-electron chi connectivity index (χ1n) is 3.73. The summed E-state index contributed by atoms with van der Waals surface area (Å²) in [4.78, 5) is 20.4. The number of rotatable bonds is 3. The van der Waals surface area contributed by atoms with E-state index >= 15 is 0 Å². The van der Waals surface area contributed by atoms with Crippen LogP contribution in [0.1, 0.15) is 15.9 Å². The van der Waals surface area contributed by atoms with Crippen LogP contribution in [0.25, 0.3) is 0 Å². The van der Waals surface area contributed by atoms with E-state index in [0.29, 0.717) is 6.07 Å². The number of carboxylic acids is 1. The largest absolute Gasteiger partial charge is 0.478 e. The predicted octanol–water partition coefficient (Wildman–Crippen LogP) is 2.33. The third-order valence-corrected chi connectivity index (χ3v) is 2.31. The zero-order valence-corrected chi connectivity index (χ0v) is 8.82. The van der Waals surface area contributed by atoms with Gasteiger partial charge in [0.15, 0.2) is 0 Å². The molecule has 0 spiro atoms. The molecular formula is C8H5BrFNO4. The lowest BCUT2D eigenvalue weighted by atomic mass is 10.1. The van der Waals surface area contributed by atoms with Crippen LogP contribution in [-0.2, 0) is 5.33 Å². The minimum atomic E-state index is -1.40. The predicted molar refractivity (Wildman–Crippen MR) is 52.6 cm³/mol. The van der Waals surface area contributed by atoms with Crippen LogP contribution < -0.4 is 0 Å². The summed E-state index contributed by atoms with van der Waals surface area (Å²) in [5.41, 5.74) is -0.989. The summed E-state index contributed by atoms with van der Waals surface area (Å²) in [6.07, 6.45) is 0. The Labute approximate surface area is 91.8 Å². The second-order valence-corrected chi connectivity index (χ2v) is 3.21. The van der Waals surface area contributed by atoms with Gasteiger partial charge in [-0.25, -0.2) is 9.18 Å². The molecule has 0 fully saturated rings. The Balaban J connectivity index is 3.52. The van der Waals surface area contributed by atoms with Crippen LogP contribution in [-0.4, -0.2) is 16.0 Å². The van der Waals surface area contributed by atoms with E-state index in [1.807, 2.05) is 0 Å². The van der Waals surface area contributed by atoms with Gasteiger partial charge in [0, 0.05) is 5.33 Å². The van der Waals surface area contributed by atoms with Gasteiger partial charge in [0.1, 0.15) is 5.82 Å². The fourth-order valence-electron chi connectivity index (χ4n) is 1.12. The van der Waals surface area contributed by atoms with Crippen LogP contribution in [0.15, 0.2) is 12.1 Å². The smallest absolute Gasteiger partial charge is 0.336 e. The molecule has 0 heterocycles. The molecule has 7 heteroatoms. The SMILES string of the molecule is O=C(O)c1cc(F)cc([N+](=O)[O-])c1CBr. The molecule has 0 atom stereocenters. The molecule has 0 amide bonds. The summed E-state index contributed by atoms with van der Waals surface area (Å²) < 4.78 is 12.9. The molecule has 0 radical (unpaired) electrons. The van der Waals surface area contributed by atoms with Crippen molar-refractivity contribution in [1.29, 1.82) is 0 Å². The van der Waals surface area contributed by atoms with Crippen molar-refractivity contribution in [2.24, 2.45) is 0 Å². The lowest BCUT2D eigenvalue weighted by Gasteiger charge is -2.03. The molecule has 0 aromatic heterocycles. The van der Waals surface area contributed by atoms with E-state index in [0.717, 1.165) is 6.07 Å². The topological polar surface area (TPSA) is 80.4 Å². The molecule has 80 valence electrons. The summed E-state index contributed by atoms with van der Waals surface area (Å²) in [5.74, 6) is -2.34. The first-order chi connectivity index (χ1) is 6.97. The minimum Gasteiger partial charge on any atom is -0.478 e. The lowest BCUT2D eigenvalue weighted by Crippen LogP contribution is -2.05. The third-order valence-electron chi connectivity index (χ3n) is 1.75. The molecule has 0 aliphatic rings. The van der Waals surface area contributed by atoms with Crippen molar-refractivity contribution in [3.8, 4) is 0 Å². The van der Waals surface area contributed by atoms with Gasteiger partial charge in [-0.05, 0) is 6.07 Å². The van der Waals surface area contributed by atoms with E-state index in [4.69, 9.17) is 5.11 Å². The summed E-state index contributed by atoms with van der Waals surface area (Å²) in [6, 6.07) is 1.45. The second-order valence-electron chi connectivity index (χ2n) is 2.65. The molecular weight excluding hydrogens is 273 g/mol. The molecule has 1 N–H and O–H groups in total. The monoisotopic (exact) mass is 277 g/mol. The summed E-state index contributed by atoms with van der Waals surface area (Å²) >= 11 is 2.93. The molecule has 1 aromatic rings. The Morgan fingerprint density at radius 2 is 2.20 bits per heavy atom.